The Balaban J connectivity index is 2.00. The predicted octanol–water partition coefficient (Wildman–Crippen LogP) is 0.708. The van der Waals surface area contributed by atoms with Gasteiger partial charge in [0.25, 0.3) is 5.56 Å². The summed E-state index contributed by atoms with van der Waals surface area (Å²) < 4.78 is 0. The minimum Gasteiger partial charge on any atom is -0.311 e. The average molecular weight is 294 g/mol. The lowest BCUT2D eigenvalue weighted by Crippen LogP contribution is -2.27. The lowest BCUT2D eigenvalue weighted by atomic mass is 10.1. The molecule has 7 nitrogen and oxygen atoms in total. The molecule has 0 saturated heterocycles. The first-order chi connectivity index (χ1) is 9.45. The minimum atomic E-state index is -0.543. The average Bonchev–Trinajstić information content (AvgIpc) is 2.73. The standard InChI is InChI=1S/C12H14N4O3S/c1-6-5-13-12(20-6)15-9(17)4-3-8-7(2)14-11(19)16-10(8)18/h5H,3-4H2,1-2H3,(H,13,15,17)(H2,14,16,18,19). The molecule has 0 radical (unpaired) electrons. The van der Waals surface area contributed by atoms with Crippen LogP contribution in [0.5, 0.6) is 0 Å². The molecular weight excluding hydrogens is 280 g/mol. The van der Waals surface area contributed by atoms with Crippen molar-refractivity contribution >= 4 is 22.4 Å². The predicted molar refractivity (Wildman–Crippen MR) is 76.2 cm³/mol. The first-order valence-electron chi connectivity index (χ1n) is 6.00. The molecule has 2 heterocycles. The van der Waals surface area contributed by atoms with Gasteiger partial charge >= 0.3 is 5.69 Å². The number of hydrogen-bond donors (Lipinski definition) is 3. The number of nitrogens with one attached hydrogen (secondary N) is 3. The Morgan fingerprint density at radius 3 is 2.70 bits per heavy atom. The van der Waals surface area contributed by atoms with Crippen LogP contribution in [-0.4, -0.2) is 20.9 Å². The number of aryl methyl sites for hydroxylation is 2. The van der Waals surface area contributed by atoms with Gasteiger partial charge in [0.05, 0.1) is 0 Å². The Labute approximate surface area is 118 Å². The number of amides is 1. The molecule has 0 aliphatic carbocycles. The maximum atomic E-state index is 11.8. The topological polar surface area (TPSA) is 108 Å². The van der Waals surface area contributed by atoms with E-state index in [1.54, 1.807) is 13.1 Å². The maximum absolute atomic E-state index is 11.8. The van der Waals surface area contributed by atoms with Crippen molar-refractivity contribution in [1.82, 2.24) is 15.0 Å². The van der Waals surface area contributed by atoms with Crippen molar-refractivity contribution in [1.29, 1.82) is 0 Å². The van der Waals surface area contributed by atoms with Crippen LogP contribution in [0.15, 0.2) is 15.8 Å². The first kappa shape index (κ1) is 14.2. The second-order valence-electron chi connectivity index (χ2n) is 4.34. The summed E-state index contributed by atoms with van der Waals surface area (Å²) in [5.41, 5.74) is -0.102. The lowest BCUT2D eigenvalue weighted by molar-refractivity contribution is -0.116. The molecule has 0 atom stereocenters. The summed E-state index contributed by atoms with van der Waals surface area (Å²) in [6.07, 6.45) is 2.08. The SMILES string of the molecule is Cc1cnc(NC(=O)CCc2c(C)[nH]c(=O)[nH]c2=O)s1. The van der Waals surface area contributed by atoms with Gasteiger partial charge in [-0.1, -0.05) is 0 Å². The fourth-order valence-electron chi connectivity index (χ4n) is 1.76. The highest BCUT2D eigenvalue weighted by molar-refractivity contribution is 7.15. The summed E-state index contributed by atoms with van der Waals surface area (Å²) in [6.45, 7) is 3.53. The Morgan fingerprint density at radius 1 is 1.35 bits per heavy atom. The number of nitrogens with zero attached hydrogens (tertiary/aromatic N) is 1. The summed E-state index contributed by atoms with van der Waals surface area (Å²) in [6, 6.07) is 0. The molecule has 0 aliphatic rings. The van der Waals surface area contributed by atoms with Crippen LogP contribution in [0, 0.1) is 13.8 Å². The van der Waals surface area contributed by atoms with Crippen LogP contribution in [0.25, 0.3) is 0 Å². The van der Waals surface area contributed by atoms with Gasteiger partial charge in [-0.2, -0.15) is 0 Å². The fraction of sp³-hybridized carbons (Fsp3) is 0.333. The van der Waals surface area contributed by atoms with Crippen molar-refractivity contribution < 1.29 is 4.79 Å². The van der Waals surface area contributed by atoms with Gasteiger partial charge in [-0.3, -0.25) is 14.6 Å². The number of rotatable bonds is 4. The highest BCUT2D eigenvalue weighted by atomic mass is 32.1. The van der Waals surface area contributed by atoms with Crippen LogP contribution in [0.4, 0.5) is 5.13 Å². The van der Waals surface area contributed by atoms with E-state index in [0.29, 0.717) is 16.4 Å². The highest BCUT2D eigenvalue weighted by Gasteiger charge is 2.10. The zero-order valence-electron chi connectivity index (χ0n) is 11.1. The zero-order chi connectivity index (χ0) is 14.7. The smallest absolute Gasteiger partial charge is 0.311 e. The Morgan fingerprint density at radius 2 is 2.10 bits per heavy atom. The second-order valence-corrected chi connectivity index (χ2v) is 5.57. The van der Waals surface area contributed by atoms with Crippen LogP contribution in [0.2, 0.25) is 0 Å². The molecule has 1 amide bonds. The molecule has 0 bridgehead atoms. The molecule has 0 spiro atoms. The summed E-state index contributed by atoms with van der Waals surface area (Å²) in [5.74, 6) is -0.218. The third-order valence-corrected chi connectivity index (χ3v) is 3.55. The number of aromatic nitrogens is 3. The van der Waals surface area contributed by atoms with E-state index in [0.717, 1.165) is 4.88 Å². The number of hydrogen-bond acceptors (Lipinski definition) is 5. The van der Waals surface area contributed by atoms with E-state index >= 15 is 0 Å². The molecule has 0 aliphatic heterocycles. The molecule has 3 N–H and O–H groups in total. The second kappa shape index (κ2) is 5.83. The van der Waals surface area contributed by atoms with Crippen molar-refractivity contribution in [2.75, 3.05) is 5.32 Å². The molecule has 2 aromatic heterocycles. The zero-order valence-corrected chi connectivity index (χ0v) is 11.9. The highest BCUT2D eigenvalue weighted by Crippen LogP contribution is 2.16. The quantitative estimate of drug-likeness (QED) is 0.771. The lowest BCUT2D eigenvalue weighted by Gasteiger charge is -2.04. The largest absolute Gasteiger partial charge is 0.325 e. The molecule has 106 valence electrons. The number of carbonyl (C=O) groups is 1. The number of aromatic amines is 2. The van der Waals surface area contributed by atoms with Crippen LogP contribution in [0.3, 0.4) is 0 Å². The molecule has 0 unspecified atom stereocenters. The van der Waals surface area contributed by atoms with Crippen LogP contribution in [0.1, 0.15) is 22.6 Å². The Kier molecular flexibility index (Phi) is 4.14. The molecule has 20 heavy (non-hydrogen) atoms. The van der Waals surface area contributed by atoms with Gasteiger partial charge in [-0.15, -0.1) is 11.3 Å². The van der Waals surface area contributed by atoms with E-state index in [4.69, 9.17) is 0 Å². The molecular formula is C12H14N4O3S. The third kappa shape index (κ3) is 3.41. The van der Waals surface area contributed by atoms with E-state index < -0.39 is 11.2 Å². The van der Waals surface area contributed by atoms with Crippen LogP contribution >= 0.6 is 11.3 Å². The summed E-state index contributed by atoms with van der Waals surface area (Å²) in [4.78, 5) is 44.1. The normalized spacial score (nSPS) is 10.5. The molecule has 8 heteroatoms. The molecule has 2 aromatic rings. The van der Waals surface area contributed by atoms with Crippen LogP contribution < -0.4 is 16.6 Å². The van der Waals surface area contributed by atoms with Crippen molar-refractivity contribution in [2.24, 2.45) is 0 Å². The van der Waals surface area contributed by atoms with Crippen molar-refractivity contribution in [2.45, 2.75) is 26.7 Å². The van der Waals surface area contributed by atoms with Gasteiger partial charge in [0.1, 0.15) is 0 Å². The summed E-state index contributed by atoms with van der Waals surface area (Å²) >= 11 is 1.39. The number of carbonyl (C=O) groups excluding carboxylic acids is 1. The summed E-state index contributed by atoms with van der Waals surface area (Å²) in [7, 11) is 0. The Bertz CT molecular complexity index is 744. The van der Waals surface area contributed by atoms with Gasteiger partial charge < -0.3 is 10.3 Å². The van der Waals surface area contributed by atoms with E-state index in [9.17, 15) is 14.4 Å². The van der Waals surface area contributed by atoms with Crippen molar-refractivity contribution in [3.05, 3.63) is 43.2 Å². The van der Waals surface area contributed by atoms with E-state index in [2.05, 4.69) is 20.3 Å². The van der Waals surface area contributed by atoms with Gasteiger partial charge in [0.2, 0.25) is 5.91 Å². The Hall–Kier alpha value is -2.22. The number of anilines is 1. The monoisotopic (exact) mass is 294 g/mol. The van der Waals surface area contributed by atoms with E-state index in [1.807, 2.05) is 6.92 Å². The number of H-pyrrole nitrogens is 2. The van der Waals surface area contributed by atoms with Crippen LogP contribution in [-0.2, 0) is 11.2 Å². The molecule has 0 fully saturated rings. The fourth-order valence-corrected chi connectivity index (χ4v) is 2.44. The maximum Gasteiger partial charge on any atom is 0.325 e. The molecule has 0 aromatic carbocycles. The van der Waals surface area contributed by atoms with Gasteiger partial charge in [0, 0.05) is 28.8 Å². The van der Waals surface area contributed by atoms with Gasteiger partial charge in [-0.05, 0) is 20.3 Å². The van der Waals surface area contributed by atoms with Gasteiger partial charge in [0.15, 0.2) is 5.13 Å². The third-order valence-electron chi connectivity index (χ3n) is 2.72. The summed E-state index contributed by atoms with van der Waals surface area (Å²) in [5, 5.41) is 3.21. The van der Waals surface area contributed by atoms with Crippen molar-refractivity contribution in [3.63, 3.8) is 0 Å². The minimum absolute atomic E-state index is 0.147. The van der Waals surface area contributed by atoms with Gasteiger partial charge in [-0.25, -0.2) is 9.78 Å². The number of thiazole rings is 1. The van der Waals surface area contributed by atoms with Crippen molar-refractivity contribution in [3.8, 4) is 0 Å². The van der Waals surface area contributed by atoms with E-state index in [-0.39, 0.29) is 18.7 Å². The molecule has 0 saturated carbocycles. The molecule has 2 rings (SSSR count). The first-order valence-corrected chi connectivity index (χ1v) is 6.81. The van der Waals surface area contributed by atoms with E-state index in [1.165, 1.54) is 11.3 Å².